The molecule has 3 aromatic rings. The largest absolute Gasteiger partial charge is 0.353 e. The summed E-state index contributed by atoms with van der Waals surface area (Å²) in [7, 11) is 0. The number of thioether (sulfide) groups is 1. The molecule has 2 aromatic carbocycles. The second-order valence-corrected chi connectivity index (χ2v) is 7.11. The molecule has 1 aromatic heterocycles. The number of hydrogen-bond acceptors (Lipinski definition) is 4. The van der Waals surface area contributed by atoms with Crippen molar-refractivity contribution < 1.29 is 4.79 Å². The van der Waals surface area contributed by atoms with Crippen LogP contribution in [0, 0.1) is 0 Å². The van der Waals surface area contributed by atoms with E-state index in [9.17, 15) is 4.79 Å². The lowest BCUT2D eigenvalue weighted by molar-refractivity contribution is 0.0796. The van der Waals surface area contributed by atoms with Crippen LogP contribution in [-0.2, 0) is 0 Å². The van der Waals surface area contributed by atoms with Crippen LogP contribution in [0.25, 0.3) is 10.9 Å². The average Bonchev–Trinajstić information content (AvgIpc) is 3.14. The van der Waals surface area contributed by atoms with Crippen molar-refractivity contribution in [2.75, 3.05) is 12.3 Å². The highest BCUT2D eigenvalue weighted by Crippen LogP contribution is 2.54. The molecular formula is C18H14N3OS+. The molecule has 23 heavy (non-hydrogen) atoms. The predicted octanol–water partition coefficient (Wildman–Crippen LogP) is 3.54. The first-order valence-electron chi connectivity index (χ1n) is 7.66. The van der Waals surface area contributed by atoms with E-state index in [0.717, 1.165) is 40.1 Å². The number of nitrogens with zero attached hydrogens (tertiary/aromatic N) is 3. The van der Waals surface area contributed by atoms with Gasteiger partial charge in [-0.2, -0.15) is 9.47 Å². The lowest BCUT2D eigenvalue weighted by Gasteiger charge is -2.29. The molecule has 2 aliphatic rings. The zero-order chi connectivity index (χ0) is 15.4. The number of rotatable bonds is 1. The summed E-state index contributed by atoms with van der Waals surface area (Å²) in [4.78, 5) is 22.3. The first kappa shape index (κ1) is 13.2. The van der Waals surface area contributed by atoms with Crippen molar-refractivity contribution in [1.29, 1.82) is 0 Å². The van der Waals surface area contributed by atoms with Crippen LogP contribution in [0.2, 0.25) is 0 Å². The van der Waals surface area contributed by atoms with Gasteiger partial charge < -0.3 is 0 Å². The van der Waals surface area contributed by atoms with Crippen molar-refractivity contribution in [3.05, 3.63) is 66.0 Å². The normalized spacial score (nSPS) is 25.6. The molecule has 3 heterocycles. The van der Waals surface area contributed by atoms with E-state index in [4.69, 9.17) is 0 Å². The van der Waals surface area contributed by atoms with Crippen molar-refractivity contribution in [1.82, 2.24) is 14.5 Å². The Kier molecular flexibility index (Phi) is 2.66. The molecule has 2 unspecified atom stereocenters. The maximum atomic E-state index is 13.3. The van der Waals surface area contributed by atoms with E-state index in [1.807, 2.05) is 54.2 Å². The van der Waals surface area contributed by atoms with Crippen LogP contribution in [0.15, 0.2) is 54.9 Å². The molecule has 5 rings (SSSR count). The molecule has 0 N–H and O–H groups in total. The quantitative estimate of drug-likeness (QED) is 0.643. The molecule has 0 aliphatic carbocycles. The topological polar surface area (TPSA) is 42.9 Å². The molecule has 0 saturated carbocycles. The van der Waals surface area contributed by atoms with Crippen LogP contribution in [0.4, 0.5) is 5.82 Å². The van der Waals surface area contributed by atoms with Crippen LogP contribution in [0.1, 0.15) is 21.3 Å². The minimum Gasteiger partial charge on any atom is -0.236 e. The monoisotopic (exact) mass is 320 g/mol. The van der Waals surface area contributed by atoms with Gasteiger partial charge in [-0.3, -0.25) is 0 Å². The lowest BCUT2D eigenvalue weighted by Crippen LogP contribution is -2.49. The molecule has 0 radical (unpaired) electrons. The molecule has 1 fully saturated rings. The molecule has 0 spiro atoms. The summed E-state index contributed by atoms with van der Waals surface area (Å²) in [5.41, 5.74) is 2.87. The van der Waals surface area contributed by atoms with Gasteiger partial charge in [-0.15, -0.1) is 0 Å². The third-order valence-corrected chi connectivity index (χ3v) is 6.19. The van der Waals surface area contributed by atoms with Gasteiger partial charge >= 0.3 is 5.91 Å². The van der Waals surface area contributed by atoms with Gasteiger partial charge in [0.1, 0.15) is 12.9 Å². The van der Waals surface area contributed by atoms with E-state index in [1.165, 1.54) is 0 Å². The molecule has 2 atom stereocenters. The SMILES string of the molecule is O=C1c2ccccc2C2SCC[N+]12c1ncnc2ccccc12. The van der Waals surface area contributed by atoms with Crippen LogP contribution >= 0.6 is 11.8 Å². The Morgan fingerprint density at radius 3 is 2.83 bits per heavy atom. The van der Waals surface area contributed by atoms with Gasteiger partial charge in [0.25, 0.3) is 0 Å². The highest BCUT2D eigenvalue weighted by molar-refractivity contribution is 7.99. The van der Waals surface area contributed by atoms with Crippen LogP contribution in [-0.4, -0.2) is 28.2 Å². The number of hydrogen-bond donors (Lipinski definition) is 0. The average molecular weight is 320 g/mol. The summed E-state index contributed by atoms with van der Waals surface area (Å²) >= 11 is 1.85. The highest BCUT2D eigenvalue weighted by atomic mass is 32.2. The Bertz CT molecular complexity index is 952. The zero-order valence-electron chi connectivity index (χ0n) is 12.3. The summed E-state index contributed by atoms with van der Waals surface area (Å²) in [6.45, 7) is 0.782. The second-order valence-electron chi connectivity index (χ2n) is 5.92. The Morgan fingerprint density at radius 1 is 1.04 bits per heavy atom. The number of carbonyl (C=O) groups excluding carboxylic acids is 1. The summed E-state index contributed by atoms with van der Waals surface area (Å²) in [5, 5.41) is 1.08. The summed E-state index contributed by atoms with van der Waals surface area (Å²) < 4.78 is 0.299. The number of aromatic nitrogens is 2. The molecule has 112 valence electrons. The third-order valence-electron chi connectivity index (χ3n) is 4.84. The maximum absolute atomic E-state index is 13.3. The minimum atomic E-state index is 0.108. The summed E-state index contributed by atoms with van der Waals surface area (Å²) in [6, 6.07) is 15.9. The Balaban J connectivity index is 1.83. The fraction of sp³-hybridized carbons (Fsp3) is 0.167. The van der Waals surface area contributed by atoms with Crippen LogP contribution < -0.4 is 4.48 Å². The van der Waals surface area contributed by atoms with E-state index in [0.29, 0.717) is 4.48 Å². The van der Waals surface area contributed by atoms with Crippen molar-refractivity contribution in [2.45, 2.75) is 5.37 Å². The Hall–Kier alpha value is -2.24. The summed E-state index contributed by atoms with van der Waals surface area (Å²) in [6.07, 6.45) is 1.58. The van der Waals surface area contributed by atoms with Crippen molar-refractivity contribution in [3.63, 3.8) is 0 Å². The van der Waals surface area contributed by atoms with E-state index >= 15 is 0 Å². The molecule has 1 amide bonds. The van der Waals surface area contributed by atoms with Gasteiger partial charge in [0.2, 0.25) is 5.82 Å². The van der Waals surface area contributed by atoms with Gasteiger partial charge in [0.05, 0.1) is 16.5 Å². The van der Waals surface area contributed by atoms with Gasteiger partial charge in [0, 0.05) is 11.3 Å². The van der Waals surface area contributed by atoms with Gasteiger partial charge in [0.15, 0.2) is 5.37 Å². The fourth-order valence-electron chi connectivity index (χ4n) is 3.83. The van der Waals surface area contributed by atoms with E-state index in [1.54, 1.807) is 6.33 Å². The van der Waals surface area contributed by atoms with Gasteiger partial charge in [-0.1, -0.05) is 42.1 Å². The lowest BCUT2D eigenvalue weighted by atomic mass is 10.1. The first-order valence-corrected chi connectivity index (χ1v) is 8.71. The minimum absolute atomic E-state index is 0.108. The smallest absolute Gasteiger partial charge is 0.236 e. The van der Waals surface area contributed by atoms with Gasteiger partial charge in [-0.05, 0) is 18.2 Å². The number of benzene rings is 2. The van der Waals surface area contributed by atoms with E-state index in [2.05, 4.69) is 16.0 Å². The number of carbonyl (C=O) groups is 1. The molecule has 0 bridgehead atoms. The standard InChI is InChI=1S/C18H14N3OS/c22-17-12-5-1-2-6-13(12)18-21(17,9-10-23-18)16-14-7-3-4-8-15(14)19-11-20-16/h1-8,11,18H,9-10H2/q+1. The van der Waals surface area contributed by atoms with E-state index < -0.39 is 0 Å². The molecule has 4 nitrogen and oxygen atoms in total. The molecule has 2 aliphatic heterocycles. The zero-order valence-corrected chi connectivity index (χ0v) is 13.2. The number of amides is 1. The predicted molar refractivity (Wildman–Crippen MR) is 92.2 cm³/mol. The first-order chi connectivity index (χ1) is 11.3. The van der Waals surface area contributed by atoms with Crippen LogP contribution in [0.3, 0.4) is 0 Å². The van der Waals surface area contributed by atoms with Crippen molar-refractivity contribution in [3.8, 4) is 0 Å². The fourth-order valence-corrected chi connectivity index (χ4v) is 5.39. The second kappa shape index (κ2) is 4.63. The van der Waals surface area contributed by atoms with Crippen molar-refractivity contribution in [2.24, 2.45) is 0 Å². The number of fused-ring (bicyclic) bond motifs is 4. The van der Waals surface area contributed by atoms with Crippen LogP contribution in [0.5, 0.6) is 0 Å². The molecule has 1 saturated heterocycles. The van der Waals surface area contributed by atoms with E-state index in [-0.39, 0.29) is 11.3 Å². The van der Waals surface area contributed by atoms with Crippen molar-refractivity contribution >= 4 is 34.4 Å². The molecule has 5 heteroatoms. The maximum Gasteiger partial charge on any atom is 0.353 e. The van der Waals surface area contributed by atoms with Gasteiger partial charge in [-0.25, -0.2) is 9.78 Å². The Labute approximate surface area is 137 Å². The number of quaternary nitrogens is 1. The number of para-hydroxylation sites is 1. The Morgan fingerprint density at radius 2 is 1.87 bits per heavy atom. The highest BCUT2D eigenvalue weighted by Gasteiger charge is 2.59. The molecular weight excluding hydrogens is 306 g/mol. The summed E-state index contributed by atoms with van der Waals surface area (Å²) in [5.74, 6) is 1.97. The third kappa shape index (κ3) is 1.58.